The summed E-state index contributed by atoms with van der Waals surface area (Å²) in [6.07, 6.45) is 28.5. The molecule has 2 unspecified atom stereocenters. The van der Waals surface area contributed by atoms with E-state index in [1.165, 1.54) is 126 Å². The summed E-state index contributed by atoms with van der Waals surface area (Å²) in [6, 6.07) is 0. The van der Waals surface area contributed by atoms with Gasteiger partial charge in [0, 0.05) is 19.3 Å². The van der Waals surface area contributed by atoms with Crippen LogP contribution in [0.2, 0.25) is 5.28 Å². The number of nitrogens with zero attached hydrogens (tertiary/aromatic N) is 4. The number of hydrogen-bond acceptors (Lipinski definition) is 14. The van der Waals surface area contributed by atoms with Crippen LogP contribution in [-0.2, 0) is 37.4 Å². The Bertz CT molecular complexity index is 1580. The molecule has 356 valence electrons. The van der Waals surface area contributed by atoms with Gasteiger partial charge in [-0.3, -0.25) is 18.7 Å². The molecule has 0 aliphatic carbocycles. The number of unbranched alkanes of at least 4 members (excludes halogenated alkanes) is 24. The van der Waals surface area contributed by atoms with Gasteiger partial charge >= 0.3 is 41.5 Å². The molecule has 3 N–H and O–H groups in total. The number of hydrogen-bond donors (Lipinski definition) is 2. The van der Waals surface area contributed by atoms with Gasteiger partial charge in [-0.15, -0.1) is 0 Å². The Morgan fingerprint density at radius 3 is 1.78 bits per heavy atom. The summed E-state index contributed by atoms with van der Waals surface area (Å²) in [6.45, 7) is 2.95. The Balaban J connectivity index is 0.0000137. The van der Waals surface area contributed by atoms with Gasteiger partial charge in [0.15, 0.2) is 17.6 Å². The van der Waals surface area contributed by atoms with Crippen LogP contribution in [0.3, 0.4) is 0 Å². The van der Waals surface area contributed by atoms with Gasteiger partial charge in [0.25, 0.3) is 7.82 Å². The van der Waals surface area contributed by atoms with Crippen LogP contribution in [0, 0.1) is 0 Å². The van der Waals surface area contributed by atoms with E-state index < -0.39 is 57.5 Å². The third-order valence-corrected chi connectivity index (χ3v) is 12.5. The third-order valence-electron chi connectivity index (χ3n) is 11.4. The van der Waals surface area contributed by atoms with Gasteiger partial charge in [-0.2, -0.15) is 9.97 Å². The number of imidazole rings is 1. The SMILES string of the molecule is CCCCCCCCCCCCCCCC(=O)OCC(COP(=O)([O-])OC[C@H]1O[C@@H](n2cnc3c(N)nc(Cl)nc32)C[C@@H]1O)OC(=O)CCCCCCCCCCCCCCC.[Na+]. The fraction of sp³-hybridized carbons (Fsp3) is 0.844. The number of aromatic nitrogens is 4. The zero-order chi connectivity index (χ0) is 44.8. The van der Waals surface area contributed by atoms with Crippen LogP contribution >= 0.6 is 19.4 Å². The van der Waals surface area contributed by atoms with Crippen LogP contribution in [0.25, 0.3) is 11.2 Å². The van der Waals surface area contributed by atoms with Gasteiger partial charge in [0.1, 0.15) is 24.5 Å². The topological polar surface area (TPSA) is 210 Å². The molecule has 5 atom stereocenters. The van der Waals surface area contributed by atoms with Gasteiger partial charge in [-0.1, -0.05) is 168 Å². The average Bonchev–Trinajstić information content (AvgIpc) is 3.84. The second kappa shape index (κ2) is 34.9. The molecule has 2 aromatic heterocycles. The summed E-state index contributed by atoms with van der Waals surface area (Å²) in [5.74, 6) is -0.893. The Labute approximate surface area is 404 Å². The summed E-state index contributed by atoms with van der Waals surface area (Å²) in [5.41, 5.74) is 6.49. The fourth-order valence-electron chi connectivity index (χ4n) is 7.73. The van der Waals surface area contributed by atoms with E-state index >= 15 is 0 Å². The van der Waals surface area contributed by atoms with Crippen LogP contribution < -0.4 is 40.2 Å². The fourth-order valence-corrected chi connectivity index (χ4v) is 8.65. The van der Waals surface area contributed by atoms with Crippen LogP contribution in [0.4, 0.5) is 5.82 Å². The normalized spacial score (nSPS) is 17.7. The molecule has 1 aliphatic rings. The van der Waals surface area contributed by atoms with Crippen molar-refractivity contribution in [1.29, 1.82) is 0 Å². The number of carbonyl (C=O) groups is 2. The maximum atomic E-state index is 12.9. The number of anilines is 1. The van der Waals surface area contributed by atoms with E-state index in [9.17, 15) is 24.2 Å². The number of halogens is 1. The van der Waals surface area contributed by atoms with Gasteiger partial charge in [0.2, 0.25) is 5.28 Å². The molecule has 0 aromatic carbocycles. The van der Waals surface area contributed by atoms with E-state index in [1.807, 2.05) is 0 Å². The van der Waals surface area contributed by atoms with Crippen molar-refractivity contribution < 1.29 is 77.0 Å². The van der Waals surface area contributed by atoms with Crippen molar-refractivity contribution in [3.05, 3.63) is 11.6 Å². The predicted molar refractivity (Wildman–Crippen MR) is 240 cm³/mol. The van der Waals surface area contributed by atoms with Crippen LogP contribution in [0.15, 0.2) is 6.33 Å². The van der Waals surface area contributed by atoms with E-state index in [0.717, 1.165) is 38.5 Å². The van der Waals surface area contributed by atoms with E-state index in [-0.39, 0.29) is 66.5 Å². The number of fused-ring (bicyclic) bond motifs is 1. The minimum absolute atomic E-state index is 0. The Kier molecular flexibility index (Phi) is 31.9. The monoisotopic (exact) mass is 938 g/mol. The van der Waals surface area contributed by atoms with Crippen molar-refractivity contribution in [1.82, 2.24) is 19.5 Å². The van der Waals surface area contributed by atoms with Crippen molar-refractivity contribution >= 4 is 48.3 Å². The second-order valence-corrected chi connectivity index (χ2v) is 18.7. The average molecular weight is 939 g/mol. The molecule has 0 amide bonds. The number of nitrogens with two attached hydrogens (primary N) is 1. The number of aliphatic hydroxyl groups excluding tert-OH is 1. The first kappa shape index (κ1) is 57.7. The maximum absolute atomic E-state index is 12.9. The predicted octanol–water partition coefficient (Wildman–Crippen LogP) is 7.63. The summed E-state index contributed by atoms with van der Waals surface area (Å²) < 4.78 is 41.5. The molecule has 0 radical (unpaired) electrons. The quantitative estimate of drug-likeness (QED) is 0.0218. The number of carbonyl (C=O) groups excluding carboxylic acids is 2. The Morgan fingerprint density at radius 1 is 0.794 bits per heavy atom. The van der Waals surface area contributed by atoms with Gasteiger partial charge < -0.3 is 39.0 Å². The molecule has 0 saturated carbocycles. The van der Waals surface area contributed by atoms with Crippen LogP contribution in [-0.4, -0.2) is 74.7 Å². The number of ether oxygens (including phenoxy) is 3. The van der Waals surface area contributed by atoms with Crippen molar-refractivity contribution in [2.75, 3.05) is 25.6 Å². The second-order valence-electron chi connectivity index (χ2n) is 17.0. The largest absolute Gasteiger partial charge is 1.00 e. The number of phosphoric acid groups is 1. The number of rotatable bonds is 38. The van der Waals surface area contributed by atoms with Crippen molar-refractivity contribution in [2.24, 2.45) is 0 Å². The molecule has 18 heteroatoms. The molecule has 1 saturated heterocycles. The first-order valence-electron chi connectivity index (χ1n) is 24.0. The molecule has 1 aliphatic heterocycles. The summed E-state index contributed by atoms with van der Waals surface area (Å²) in [4.78, 5) is 50.6. The summed E-state index contributed by atoms with van der Waals surface area (Å²) in [7, 11) is -4.99. The third kappa shape index (κ3) is 25.4. The van der Waals surface area contributed by atoms with Gasteiger partial charge in [-0.05, 0) is 24.4 Å². The molecule has 0 bridgehead atoms. The number of esters is 2. The van der Waals surface area contributed by atoms with Crippen molar-refractivity contribution in [3.8, 4) is 0 Å². The minimum Gasteiger partial charge on any atom is -0.756 e. The first-order chi connectivity index (χ1) is 30.0. The van der Waals surface area contributed by atoms with E-state index in [1.54, 1.807) is 0 Å². The molecular weight excluding hydrogens is 860 g/mol. The smallest absolute Gasteiger partial charge is 0.756 e. The molecule has 15 nitrogen and oxygen atoms in total. The summed E-state index contributed by atoms with van der Waals surface area (Å²) in [5, 5.41) is 10.6. The molecule has 63 heavy (non-hydrogen) atoms. The van der Waals surface area contributed by atoms with E-state index in [2.05, 4.69) is 28.8 Å². The molecular formula is C45H78ClN5NaO10P. The van der Waals surface area contributed by atoms with Gasteiger partial charge in [-0.25, -0.2) is 4.98 Å². The molecule has 2 aromatic rings. The Hall–Kier alpha value is -1.39. The van der Waals surface area contributed by atoms with Crippen molar-refractivity contribution in [3.63, 3.8) is 0 Å². The van der Waals surface area contributed by atoms with Crippen LogP contribution in [0.1, 0.15) is 206 Å². The van der Waals surface area contributed by atoms with E-state index in [0.29, 0.717) is 24.0 Å². The zero-order valence-electron chi connectivity index (χ0n) is 38.8. The number of aliphatic hydroxyl groups is 1. The molecule has 3 rings (SSSR count). The van der Waals surface area contributed by atoms with Gasteiger partial charge in [0.05, 0.1) is 25.6 Å². The zero-order valence-corrected chi connectivity index (χ0v) is 42.5. The Morgan fingerprint density at radius 2 is 1.27 bits per heavy atom. The van der Waals surface area contributed by atoms with Crippen LogP contribution in [0.5, 0.6) is 0 Å². The summed E-state index contributed by atoms with van der Waals surface area (Å²) >= 11 is 5.98. The minimum atomic E-state index is -4.99. The number of nitrogen functional groups attached to an aromatic ring is 1. The first-order valence-corrected chi connectivity index (χ1v) is 25.8. The van der Waals surface area contributed by atoms with Crippen molar-refractivity contribution in [2.45, 2.75) is 225 Å². The molecule has 0 spiro atoms. The molecule has 3 heterocycles. The molecule has 1 fully saturated rings. The van der Waals surface area contributed by atoms with E-state index in [4.69, 9.17) is 40.6 Å². The standard InChI is InChI=1S/C45H79ClN5O10P.Na/c1-3-5-7-9-11-13-15-17-19-21-23-25-27-29-40(53)57-32-36(60-41(54)30-28-26-24-22-20-18-16-14-12-10-8-6-4-2)33-58-62(55,56)59-34-38-37(52)31-39(61-38)51-35-48-42-43(47)49-45(46)50-44(42)51;/h35-39,52H,3-34H2,1-2H3,(H,55,56)(H2,47,49,50);/q;+1/p-1/t36?,37-,38+,39+;/m0./s1. The maximum Gasteiger partial charge on any atom is 1.00 e. The number of phosphoric ester groups is 1.